The predicted octanol–water partition coefficient (Wildman–Crippen LogP) is 4.01. The van der Waals surface area contributed by atoms with Crippen LogP contribution in [0.1, 0.15) is 48.6 Å². The van der Waals surface area contributed by atoms with Gasteiger partial charge in [0, 0.05) is 30.9 Å². The normalized spacial score (nSPS) is 19.6. The molecule has 1 N–H and O–H groups in total. The van der Waals surface area contributed by atoms with Crippen LogP contribution in [-0.2, 0) is 10.0 Å². The van der Waals surface area contributed by atoms with Gasteiger partial charge in [0.1, 0.15) is 5.65 Å². The minimum atomic E-state index is -3.41. The fraction of sp³-hybridized carbons (Fsp3) is 0.381. The Morgan fingerprint density at radius 2 is 1.70 bits per heavy atom. The van der Waals surface area contributed by atoms with E-state index in [1.165, 1.54) is 24.0 Å². The van der Waals surface area contributed by atoms with Crippen molar-refractivity contribution in [3.05, 3.63) is 59.9 Å². The Morgan fingerprint density at radius 1 is 0.963 bits per heavy atom. The number of benzene rings is 1. The second kappa shape index (κ2) is 6.46. The summed E-state index contributed by atoms with van der Waals surface area (Å²) in [4.78, 5) is 8.00. The van der Waals surface area contributed by atoms with Crippen LogP contribution in [0.4, 0.5) is 0 Å². The molecule has 2 fully saturated rings. The summed E-state index contributed by atoms with van der Waals surface area (Å²) in [6, 6.07) is 11.6. The quantitative estimate of drug-likeness (QED) is 0.743. The smallest absolute Gasteiger partial charge is 0.243 e. The van der Waals surface area contributed by atoms with Gasteiger partial charge in [-0.15, -0.1) is 0 Å². The van der Waals surface area contributed by atoms with Crippen LogP contribution in [0.3, 0.4) is 0 Å². The lowest BCUT2D eigenvalue weighted by Crippen LogP contribution is -2.37. The molecule has 140 valence electrons. The van der Waals surface area contributed by atoms with Gasteiger partial charge in [-0.3, -0.25) is 0 Å². The molecule has 5 rings (SSSR count). The number of nitrogens with one attached hydrogen (secondary N) is 1. The molecule has 1 saturated heterocycles. The maximum Gasteiger partial charge on any atom is 0.243 e. The van der Waals surface area contributed by atoms with Crippen molar-refractivity contribution in [3.63, 3.8) is 0 Å². The van der Waals surface area contributed by atoms with E-state index in [1.807, 2.05) is 24.4 Å². The van der Waals surface area contributed by atoms with Crippen molar-refractivity contribution in [1.82, 2.24) is 14.3 Å². The lowest BCUT2D eigenvalue weighted by Gasteiger charge is -2.31. The van der Waals surface area contributed by atoms with Crippen LogP contribution in [0.15, 0.2) is 53.7 Å². The van der Waals surface area contributed by atoms with Crippen LogP contribution in [-0.4, -0.2) is 35.8 Å². The first-order valence-corrected chi connectivity index (χ1v) is 11.1. The van der Waals surface area contributed by atoms with E-state index in [1.54, 1.807) is 22.6 Å². The first kappa shape index (κ1) is 17.0. The largest absolute Gasteiger partial charge is 0.346 e. The Balaban J connectivity index is 1.32. The number of hydrogen-bond donors (Lipinski definition) is 1. The van der Waals surface area contributed by atoms with Gasteiger partial charge >= 0.3 is 0 Å². The summed E-state index contributed by atoms with van der Waals surface area (Å²) in [6.07, 6.45) is 7.93. The third kappa shape index (κ3) is 3.07. The topological polar surface area (TPSA) is 66.1 Å². The summed E-state index contributed by atoms with van der Waals surface area (Å²) in [7, 11) is -3.41. The monoisotopic (exact) mass is 381 g/mol. The van der Waals surface area contributed by atoms with Crippen LogP contribution in [0.5, 0.6) is 0 Å². The fourth-order valence-corrected chi connectivity index (χ4v) is 5.67. The zero-order chi connectivity index (χ0) is 18.4. The summed E-state index contributed by atoms with van der Waals surface area (Å²) >= 11 is 0. The number of H-pyrrole nitrogens is 1. The Morgan fingerprint density at radius 3 is 2.41 bits per heavy atom. The number of rotatable bonds is 4. The van der Waals surface area contributed by atoms with Crippen molar-refractivity contribution in [1.29, 1.82) is 0 Å². The van der Waals surface area contributed by atoms with Crippen molar-refractivity contribution in [2.24, 2.45) is 0 Å². The molecule has 3 heterocycles. The molecule has 1 aliphatic heterocycles. The Bertz CT molecular complexity index is 1060. The van der Waals surface area contributed by atoms with E-state index in [-0.39, 0.29) is 0 Å². The third-order valence-electron chi connectivity index (χ3n) is 5.94. The highest BCUT2D eigenvalue weighted by atomic mass is 32.2. The van der Waals surface area contributed by atoms with E-state index in [0.29, 0.717) is 29.8 Å². The van der Waals surface area contributed by atoms with Crippen molar-refractivity contribution in [3.8, 4) is 0 Å². The van der Waals surface area contributed by atoms with Gasteiger partial charge in [0.05, 0.1) is 4.90 Å². The SMILES string of the molecule is O=S(=O)(c1ccc(C2CC2)cc1)N1CCC(c2c[nH]c3ncccc23)CC1. The first-order valence-electron chi connectivity index (χ1n) is 9.65. The molecule has 6 heteroatoms. The highest BCUT2D eigenvalue weighted by Crippen LogP contribution is 2.40. The van der Waals surface area contributed by atoms with Gasteiger partial charge in [-0.2, -0.15) is 4.31 Å². The molecule has 2 aliphatic rings. The summed E-state index contributed by atoms with van der Waals surface area (Å²) in [5, 5.41) is 1.15. The molecule has 0 atom stereocenters. The first-order chi connectivity index (χ1) is 13.1. The van der Waals surface area contributed by atoms with Crippen molar-refractivity contribution in [2.75, 3.05) is 13.1 Å². The van der Waals surface area contributed by atoms with Gasteiger partial charge in [-0.25, -0.2) is 13.4 Å². The highest BCUT2D eigenvalue weighted by molar-refractivity contribution is 7.89. The molecule has 1 aromatic carbocycles. The van der Waals surface area contributed by atoms with E-state index in [2.05, 4.69) is 16.0 Å². The minimum absolute atomic E-state index is 0.367. The van der Waals surface area contributed by atoms with Crippen LogP contribution in [0, 0.1) is 0 Å². The number of fused-ring (bicyclic) bond motifs is 1. The summed E-state index contributed by atoms with van der Waals surface area (Å²) in [5.41, 5.74) is 3.42. The predicted molar refractivity (Wildman–Crippen MR) is 105 cm³/mol. The molecule has 5 nitrogen and oxygen atoms in total. The summed E-state index contributed by atoms with van der Waals surface area (Å²) < 4.78 is 27.6. The molecule has 0 radical (unpaired) electrons. The molecular formula is C21H23N3O2S. The average Bonchev–Trinajstić information content (AvgIpc) is 3.47. The summed E-state index contributed by atoms with van der Waals surface area (Å²) in [5.74, 6) is 1.01. The van der Waals surface area contributed by atoms with Crippen molar-refractivity contribution < 1.29 is 8.42 Å². The molecule has 3 aromatic rings. The number of nitrogens with zero attached hydrogens (tertiary/aromatic N) is 2. The van der Waals surface area contributed by atoms with Gasteiger partial charge < -0.3 is 4.98 Å². The Labute approximate surface area is 159 Å². The van der Waals surface area contributed by atoms with Crippen LogP contribution in [0.25, 0.3) is 11.0 Å². The van der Waals surface area contributed by atoms with E-state index < -0.39 is 10.0 Å². The van der Waals surface area contributed by atoms with Crippen molar-refractivity contribution in [2.45, 2.75) is 42.4 Å². The molecule has 1 aliphatic carbocycles. The number of aromatic amines is 1. The van der Waals surface area contributed by atoms with Crippen LogP contribution >= 0.6 is 0 Å². The average molecular weight is 382 g/mol. The number of hydrogen-bond acceptors (Lipinski definition) is 3. The number of pyridine rings is 1. The van der Waals surface area contributed by atoms with Gasteiger partial charge in [0.25, 0.3) is 0 Å². The van der Waals surface area contributed by atoms with Crippen LogP contribution in [0.2, 0.25) is 0 Å². The second-order valence-corrected chi connectivity index (χ2v) is 9.60. The lowest BCUT2D eigenvalue weighted by atomic mass is 9.90. The van der Waals surface area contributed by atoms with Crippen LogP contribution < -0.4 is 0 Å². The van der Waals surface area contributed by atoms with Gasteiger partial charge in [0.2, 0.25) is 10.0 Å². The van der Waals surface area contributed by atoms with E-state index in [9.17, 15) is 8.42 Å². The molecule has 0 bridgehead atoms. The molecule has 0 unspecified atom stereocenters. The highest BCUT2D eigenvalue weighted by Gasteiger charge is 2.31. The third-order valence-corrected chi connectivity index (χ3v) is 7.86. The van der Waals surface area contributed by atoms with Gasteiger partial charge in [-0.05, 0) is 72.9 Å². The molecule has 0 amide bonds. The molecular weight excluding hydrogens is 358 g/mol. The van der Waals surface area contributed by atoms with E-state index in [4.69, 9.17) is 0 Å². The lowest BCUT2D eigenvalue weighted by molar-refractivity contribution is 0.320. The van der Waals surface area contributed by atoms with Gasteiger partial charge in [0.15, 0.2) is 0 Å². The number of sulfonamides is 1. The van der Waals surface area contributed by atoms with E-state index in [0.717, 1.165) is 23.9 Å². The Hall–Kier alpha value is -2.18. The van der Waals surface area contributed by atoms with Gasteiger partial charge in [-0.1, -0.05) is 12.1 Å². The zero-order valence-electron chi connectivity index (χ0n) is 15.1. The van der Waals surface area contributed by atoms with E-state index >= 15 is 0 Å². The maximum atomic E-state index is 13.0. The van der Waals surface area contributed by atoms with Crippen molar-refractivity contribution >= 4 is 21.1 Å². The number of piperidine rings is 1. The number of aromatic nitrogens is 2. The second-order valence-electron chi connectivity index (χ2n) is 7.67. The Kier molecular flexibility index (Phi) is 4.06. The maximum absolute atomic E-state index is 13.0. The standard InChI is InChI=1S/C21H23N3O2S/c25-27(26,18-7-5-16(6-8-18)15-3-4-15)24-12-9-17(10-13-24)20-14-23-21-19(20)2-1-11-22-21/h1-2,5-8,11,14-15,17H,3-4,9-10,12-13H2,(H,22,23). The zero-order valence-corrected chi connectivity index (χ0v) is 16.0. The fourth-order valence-electron chi connectivity index (χ4n) is 4.20. The minimum Gasteiger partial charge on any atom is -0.346 e. The molecule has 27 heavy (non-hydrogen) atoms. The molecule has 1 saturated carbocycles. The summed E-state index contributed by atoms with van der Waals surface area (Å²) in [6.45, 7) is 1.12. The molecule has 2 aromatic heterocycles. The molecule has 0 spiro atoms.